The fourth-order valence-corrected chi connectivity index (χ4v) is 2.64. The minimum atomic E-state index is -0.613. The number of carbonyl (C=O) groups is 1. The molecule has 0 spiro atoms. The molecule has 0 aromatic heterocycles. The molecule has 0 heterocycles. The van der Waals surface area contributed by atoms with E-state index in [0.717, 1.165) is 16.9 Å². The van der Waals surface area contributed by atoms with Gasteiger partial charge in [-0.15, -0.1) is 0 Å². The summed E-state index contributed by atoms with van der Waals surface area (Å²) in [5, 5.41) is 3.43. The van der Waals surface area contributed by atoms with Gasteiger partial charge in [-0.2, -0.15) is 0 Å². The molecule has 0 aliphatic heterocycles. The second-order valence-corrected chi connectivity index (χ2v) is 6.69. The number of amides is 1. The molecule has 0 saturated carbocycles. The van der Waals surface area contributed by atoms with Crippen LogP contribution in [0.15, 0.2) is 42.5 Å². The zero-order valence-corrected chi connectivity index (χ0v) is 15.8. The summed E-state index contributed by atoms with van der Waals surface area (Å²) in [6, 6.07) is 13.1. The molecule has 134 valence electrons. The first-order chi connectivity index (χ1) is 11.9. The molecule has 0 aliphatic rings. The molecule has 5 heteroatoms. The molecule has 1 N–H and O–H groups in total. The molecule has 0 aliphatic carbocycles. The first-order valence-corrected chi connectivity index (χ1v) is 8.62. The second-order valence-electron chi connectivity index (χ2n) is 6.28. The smallest absolute Gasteiger partial charge is 0.261 e. The third kappa shape index (κ3) is 5.40. The summed E-state index contributed by atoms with van der Waals surface area (Å²) >= 11 is 6.22. The van der Waals surface area contributed by atoms with E-state index in [0.29, 0.717) is 17.3 Å². The van der Waals surface area contributed by atoms with E-state index >= 15 is 0 Å². The van der Waals surface area contributed by atoms with Crippen LogP contribution < -0.4 is 14.8 Å². The molecule has 1 amide bonds. The molecule has 1 unspecified atom stereocenters. The number of carbonyl (C=O) groups excluding carboxylic acids is 1. The molecular weight excluding hydrogens is 338 g/mol. The number of hydrogen-bond donors (Lipinski definition) is 1. The Morgan fingerprint density at radius 2 is 1.84 bits per heavy atom. The topological polar surface area (TPSA) is 47.6 Å². The van der Waals surface area contributed by atoms with Crippen molar-refractivity contribution in [3.05, 3.63) is 58.6 Å². The van der Waals surface area contributed by atoms with Gasteiger partial charge in [-0.25, -0.2) is 0 Å². The molecule has 2 rings (SSSR count). The molecule has 0 saturated heterocycles. The van der Waals surface area contributed by atoms with Crippen LogP contribution in [0.2, 0.25) is 5.02 Å². The maximum absolute atomic E-state index is 12.6. The van der Waals surface area contributed by atoms with E-state index in [1.165, 1.54) is 0 Å². The molecule has 0 radical (unpaired) electrons. The van der Waals surface area contributed by atoms with Crippen molar-refractivity contribution in [1.29, 1.82) is 0 Å². The summed E-state index contributed by atoms with van der Waals surface area (Å²) < 4.78 is 11.0. The van der Waals surface area contributed by atoms with Gasteiger partial charge in [0.15, 0.2) is 6.10 Å². The standard InChI is InChI=1S/C20H24ClNO3/c1-13(2)19(25-18-10-5-14(3)11-17(18)21)20(23)22-12-15-6-8-16(24-4)9-7-15/h5-11,13,19H,12H2,1-4H3,(H,22,23). The Morgan fingerprint density at radius 1 is 1.16 bits per heavy atom. The fourth-order valence-electron chi connectivity index (χ4n) is 2.36. The minimum Gasteiger partial charge on any atom is -0.497 e. The van der Waals surface area contributed by atoms with Crippen LogP contribution in [0.4, 0.5) is 0 Å². The monoisotopic (exact) mass is 361 g/mol. The summed E-state index contributed by atoms with van der Waals surface area (Å²) in [4.78, 5) is 12.6. The van der Waals surface area contributed by atoms with Gasteiger partial charge in [0.25, 0.3) is 5.91 Å². The Kier molecular flexibility index (Phi) is 6.71. The summed E-state index contributed by atoms with van der Waals surface area (Å²) in [5.41, 5.74) is 2.03. The Hall–Kier alpha value is -2.20. The van der Waals surface area contributed by atoms with Gasteiger partial charge in [0.1, 0.15) is 11.5 Å². The highest BCUT2D eigenvalue weighted by molar-refractivity contribution is 6.32. The van der Waals surface area contributed by atoms with Gasteiger partial charge < -0.3 is 14.8 Å². The average Bonchev–Trinajstić information content (AvgIpc) is 2.59. The van der Waals surface area contributed by atoms with E-state index in [2.05, 4.69) is 5.32 Å². The van der Waals surface area contributed by atoms with Crippen LogP contribution >= 0.6 is 11.6 Å². The van der Waals surface area contributed by atoms with Crippen molar-refractivity contribution in [2.45, 2.75) is 33.4 Å². The minimum absolute atomic E-state index is 0.00763. The Labute approximate surface area is 154 Å². The maximum Gasteiger partial charge on any atom is 0.261 e. The van der Waals surface area contributed by atoms with Crippen LogP contribution in [0.3, 0.4) is 0 Å². The Balaban J connectivity index is 2.01. The van der Waals surface area contributed by atoms with Crippen molar-refractivity contribution in [3.63, 3.8) is 0 Å². The lowest BCUT2D eigenvalue weighted by molar-refractivity contribution is -0.130. The molecule has 25 heavy (non-hydrogen) atoms. The Bertz CT molecular complexity index is 713. The van der Waals surface area contributed by atoms with Gasteiger partial charge >= 0.3 is 0 Å². The number of nitrogens with one attached hydrogen (secondary N) is 1. The molecule has 0 bridgehead atoms. The Morgan fingerprint density at radius 3 is 2.40 bits per heavy atom. The predicted molar refractivity (Wildman–Crippen MR) is 100 cm³/mol. The van der Waals surface area contributed by atoms with Crippen LogP contribution in [-0.4, -0.2) is 19.1 Å². The highest BCUT2D eigenvalue weighted by Gasteiger charge is 2.24. The summed E-state index contributed by atoms with van der Waals surface area (Å²) in [5.74, 6) is 1.15. The van der Waals surface area contributed by atoms with Gasteiger partial charge in [-0.3, -0.25) is 4.79 Å². The van der Waals surface area contributed by atoms with E-state index in [9.17, 15) is 4.79 Å². The highest BCUT2D eigenvalue weighted by Crippen LogP contribution is 2.27. The normalized spacial score (nSPS) is 11.9. The van der Waals surface area contributed by atoms with Crippen molar-refractivity contribution in [3.8, 4) is 11.5 Å². The van der Waals surface area contributed by atoms with Crippen molar-refractivity contribution < 1.29 is 14.3 Å². The molecule has 2 aromatic rings. The van der Waals surface area contributed by atoms with Gasteiger partial charge in [0.2, 0.25) is 0 Å². The summed E-state index contributed by atoms with van der Waals surface area (Å²) in [7, 11) is 1.62. The lowest BCUT2D eigenvalue weighted by Crippen LogP contribution is -2.41. The molecule has 1 atom stereocenters. The quantitative estimate of drug-likeness (QED) is 0.796. The van der Waals surface area contributed by atoms with Gasteiger partial charge in [0.05, 0.1) is 12.1 Å². The summed E-state index contributed by atoms with van der Waals surface area (Å²) in [6.45, 7) is 6.27. The van der Waals surface area contributed by atoms with E-state index in [4.69, 9.17) is 21.1 Å². The largest absolute Gasteiger partial charge is 0.497 e. The molecule has 0 fully saturated rings. The highest BCUT2D eigenvalue weighted by atomic mass is 35.5. The average molecular weight is 362 g/mol. The fraction of sp³-hybridized carbons (Fsp3) is 0.350. The van der Waals surface area contributed by atoms with E-state index < -0.39 is 6.10 Å². The number of benzene rings is 2. The first kappa shape index (κ1) is 19.1. The van der Waals surface area contributed by atoms with Crippen LogP contribution in [0.25, 0.3) is 0 Å². The van der Waals surface area contributed by atoms with Crippen LogP contribution in [0.5, 0.6) is 11.5 Å². The van der Waals surface area contributed by atoms with Crippen molar-refractivity contribution in [2.75, 3.05) is 7.11 Å². The lowest BCUT2D eigenvalue weighted by Gasteiger charge is -2.22. The SMILES string of the molecule is COc1ccc(CNC(=O)C(Oc2ccc(C)cc2Cl)C(C)C)cc1. The van der Waals surface area contributed by atoms with Crippen molar-refractivity contribution in [1.82, 2.24) is 5.32 Å². The maximum atomic E-state index is 12.6. The number of aryl methyl sites for hydroxylation is 1. The molecule has 4 nitrogen and oxygen atoms in total. The number of hydrogen-bond acceptors (Lipinski definition) is 3. The second kappa shape index (κ2) is 8.77. The predicted octanol–water partition coefficient (Wildman–Crippen LogP) is 4.38. The van der Waals surface area contributed by atoms with Crippen molar-refractivity contribution >= 4 is 17.5 Å². The zero-order valence-electron chi connectivity index (χ0n) is 15.0. The van der Waals surface area contributed by atoms with Crippen LogP contribution in [0, 0.1) is 12.8 Å². The molecule has 2 aromatic carbocycles. The number of halogens is 1. The zero-order chi connectivity index (χ0) is 18.4. The van der Waals surface area contributed by atoms with Crippen LogP contribution in [-0.2, 0) is 11.3 Å². The third-order valence-electron chi connectivity index (χ3n) is 3.83. The van der Waals surface area contributed by atoms with Crippen molar-refractivity contribution in [2.24, 2.45) is 5.92 Å². The number of methoxy groups -OCH3 is 1. The lowest BCUT2D eigenvalue weighted by atomic mass is 10.1. The van der Waals surface area contributed by atoms with E-state index in [1.807, 2.05) is 57.2 Å². The molecular formula is C20H24ClNO3. The van der Waals surface area contributed by atoms with Gasteiger partial charge in [-0.05, 0) is 48.2 Å². The van der Waals surface area contributed by atoms with Crippen LogP contribution in [0.1, 0.15) is 25.0 Å². The number of ether oxygens (including phenoxy) is 2. The van der Waals surface area contributed by atoms with Gasteiger partial charge in [-0.1, -0.05) is 43.6 Å². The third-order valence-corrected chi connectivity index (χ3v) is 4.13. The van der Waals surface area contributed by atoms with E-state index in [1.54, 1.807) is 13.2 Å². The first-order valence-electron chi connectivity index (χ1n) is 8.24. The van der Waals surface area contributed by atoms with Gasteiger partial charge in [0, 0.05) is 6.54 Å². The van der Waals surface area contributed by atoms with E-state index in [-0.39, 0.29) is 11.8 Å². The summed E-state index contributed by atoms with van der Waals surface area (Å²) in [6.07, 6.45) is -0.613. The number of rotatable bonds is 7.